The maximum Gasteiger partial charge on any atom is 0.337 e. The van der Waals surface area contributed by atoms with E-state index >= 15 is 0 Å². The summed E-state index contributed by atoms with van der Waals surface area (Å²) in [6.07, 6.45) is 0. The summed E-state index contributed by atoms with van der Waals surface area (Å²) in [5, 5.41) is 5.24. The lowest BCUT2D eigenvalue weighted by Crippen LogP contribution is -2.50. The molecule has 8 nitrogen and oxygen atoms in total. The van der Waals surface area contributed by atoms with Gasteiger partial charge in [0.15, 0.2) is 0 Å². The fourth-order valence-electron chi connectivity index (χ4n) is 3.16. The lowest BCUT2D eigenvalue weighted by atomic mass is 9.89. The normalized spacial score (nSPS) is 18.1. The summed E-state index contributed by atoms with van der Waals surface area (Å²) in [4.78, 5) is 35.5. The zero-order valence-corrected chi connectivity index (χ0v) is 16.6. The monoisotopic (exact) mass is 410 g/mol. The van der Waals surface area contributed by atoms with Gasteiger partial charge in [-0.15, -0.1) is 0 Å². The van der Waals surface area contributed by atoms with Gasteiger partial charge >= 0.3 is 18.0 Å². The van der Waals surface area contributed by atoms with Gasteiger partial charge in [-0.1, -0.05) is 30.8 Å². The Hall–Kier alpha value is -3.81. The van der Waals surface area contributed by atoms with Crippen molar-refractivity contribution >= 4 is 18.0 Å². The van der Waals surface area contributed by atoms with Crippen LogP contribution in [0.2, 0.25) is 0 Å². The zero-order valence-electron chi connectivity index (χ0n) is 16.6. The van der Waals surface area contributed by atoms with Crippen LogP contribution in [0.15, 0.2) is 60.8 Å². The fourth-order valence-corrected chi connectivity index (χ4v) is 3.16. The average Bonchev–Trinajstić information content (AvgIpc) is 2.77. The number of carbonyl (C=O) groups excluding carboxylic acids is 3. The van der Waals surface area contributed by atoms with Crippen molar-refractivity contribution in [2.75, 3.05) is 14.2 Å². The van der Waals surface area contributed by atoms with Gasteiger partial charge in [0.05, 0.1) is 25.8 Å². The van der Waals surface area contributed by atoms with Crippen molar-refractivity contribution in [2.24, 2.45) is 5.92 Å². The SMILES string of the molecule is C=C1NC(=O)N[C@@H](c2ccc(OCc3ccc(C(=O)OC)cc3)cc2)[C@H]1C(=O)OC. The Morgan fingerprint density at radius 3 is 2.27 bits per heavy atom. The minimum Gasteiger partial charge on any atom is -0.489 e. The Bertz CT molecular complexity index is 953. The summed E-state index contributed by atoms with van der Waals surface area (Å²) in [7, 11) is 2.62. The Morgan fingerprint density at radius 2 is 1.67 bits per heavy atom. The molecule has 2 amide bonds. The highest BCUT2D eigenvalue weighted by molar-refractivity contribution is 5.89. The van der Waals surface area contributed by atoms with Crippen molar-refractivity contribution in [3.05, 3.63) is 77.5 Å². The minimum atomic E-state index is -0.743. The molecular weight excluding hydrogens is 388 g/mol. The number of amides is 2. The van der Waals surface area contributed by atoms with E-state index in [1.165, 1.54) is 14.2 Å². The van der Waals surface area contributed by atoms with Gasteiger partial charge < -0.3 is 24.8 Å². The molecular formula is C22H22N2O6. The molecule has 1 aliphatic heterocycles. The van der Waals surface area contributed by atoms with Crippen molar-refractivity contribution in [1.82, 2.24) is 10.6 Å². The van der Waals surface area contributed by atoms with Crippen molar-refractivity contribution in [2.45, 2.75) is 12.6 Å². The van der Waals surface area contributed by atoms with Gasteiger partial charge in [0.1, 0.15) is 18.3 Å². The molecule has 2 aromatic rings. The number of hydrogen-bond donors (Lipinski definition) is 2. The van der Waals surface area contributed by atoms with E-state index in [-0.39, 0.29) is 5.70 Å². The summed E-state index contributed by atoms with van der Waals surface area (Å²) in [6, 6.07) is 13.0. The van der Waals surface area contributed by atoms with Crippen LogP contribution in [0.25, 0.3) is 0 Å². The van der Waals surface area contributed by atoms with E-state index in [0.29, 0.717) is 17.9 Å². The van der Waals surface area contributed by atoms with E-state index in [2.05, 4.69) is 21.9 Å². The summed E-state index contributed by atoms with van der Waals surface area (Å²) in [5.41, 5.74) is 2.36. The molecule has 0 radical (unpaired) electrons. The third kappa shape index (κ3) is 4.60. The van der Waals surface area contributed by atoms with Crippen LogP contribution in [0, 0.1) is 5.92 Å². The molecule has 2 aromatic carbocycles. The largest absolute Gasteiger partial charge is 0.489 e. The standard InChI is InChI=1S/C22H22N2O6/c1-13-18(21(26)29-3)19(24-22(27)23-13)15-8-10-17(11-9-15)30-12-14-4-6-16(7-5-14)20(25)28-2/h4-11,18-19H,1,12H2,2-3H3,(H2,23,24,27)/t18-,19-/m0/s1. The van der Waals surface area contributed by atoms with Gasteiger partial charge in [-0.3, -0.25) is 4.79 Å². The summed E-state index contributed by atoms with van der Waals surface area (Å²) >= 11 is 0. The number of urea groups is 1. The van der Waals surface area contributed by atoms with Gasteiger partial charge in [0.25, 0.3) is 0 Å². The molecule has 0 aromatic heterocycles. The van der Waals surface area contributed by atoms with Crippen LogP contribution in [0.4, 0.5) is 4.79 Å². The van der Waals surface area contributed by atoms with E-state index in [9.17, 15) is 14.4 Å². The van der Waals surface area contributed by atoms with Gasteiger partial charge in [-0.05, 0) is 35.4 Å². The Kier molecular flexibility index (Phi) is 6.36. The molecule has 2 atom stereocenters. The Morgan fingerprint density at radius 1 is 1.00 bits per heavy atom. The van der Waals surface area contributed by atoms with Crippen LogP contribution in [-0.2, 0) is 20.9 Å². The number of rotatable bonds is 6. The number of hydrogen-bond acceptors (Lipinski definition) is 6. The van der Waals surface area contributed by atoms with Gasteiger partial charge in [-0.2, -0.15) is 0 Å². The number of esters is 2. The first-order valence-electron chi connectivity index (χ1n) is 9.17. The number of ether oxygens (including phenoxy) is 3. The first-order chi connectivity index (χ1) is 14.4. The highest BCUT2D eigenvalue weighted by Gasteiger charge is 2.38. The molecule has 8 heteroatoms. The van der Waals surface area contributed by atoms with Crippen LogP contribution in [0.3, 0.4) is 0 Å². The smallest absolute Gasteiger partial charge is 0.337 e. The highest BCUT2D eigenvalue weighted by Crippen LogP contribution is 2.31. The van der Waals surface area contributed by atoms with Crippen molar-refractivity contribution in [3.8, 4) is 5.75 Å². The van der Waals surface area contributed by atoms with Crippen LogP contribution in [-0.4, -0.2) is 32.2 Å². The Balaban J connectivity index is 1.68. The average molecular weight is 410 g/mol. The van der Waals surface area contributed by atoms with E-state index in [0.717, 1.165) is 11.1 Å². The number of nitrogens with one attached hydrogen (secondary N) is 2. The molecule has 0 unspecified atom stereocenters. The zero-order chi connectivity index (χ0) is 21.7. The van der Waals surface area contributed by atoms with Crippen LogP contribution < -0.4 is 15.4 Å². The molecule has 156 valence electrons. The molecule has 0 aliphatic carbocycles. The third-order valence-corrected chi connectivity index (χ3v) is 4.74. The molecule has 30 heavy (non-hydrogen) atoms. The first-order valence-corrected chi connectivity index (χ1v) is 9.17. The molecule has 1 saturated heterocycles. The highest BCUT2D eigenvalue weighted by atomic mass is 16.5. The molecule has 0 spiro atoms. The number of benzene rings is 2. The van der Waals surface area contributed by atoms with Gasteiger partial charge in [0, 0.05) is 5.70 Å². The molecule has 1 fully saturated rings. The van der Waals surface area contributed by atoms with E-state index in [1.54, 1.807) is 48.5 Å². The molecule has 0 saturated carbocycles. The van der Waals surface area contributed by atoms with E-state index in [1.807, 2.05) is 0 Å². The fraction of sp³-hybridized carbons (Fsp3) is 0.227. The second kappa shape index (κ2) is 9.13. The lowest BCUT2D eigenvalue weighted by molar-refractivity contribution is -0.145. The molecule has 3 rings (SSSR count). The van der Waals surface area contributed by atoms with Crippen LogP contribution >= 0.6 is 0 Å². The summed E-state index contributed by atoms with van der Waals surface area (Å²) in [6.45, 7) is 4.08. The van der Waals surface area contributed by atoms with Gasteiger partial charge in [0.2, 0.25) is 0 Å². The van der Waals surface area contributed by atoms with Gasteiger partial charge in [-0.25, -0.2) is 9.59 Å². The first kappa shape index (κ1) is 20.9. The molecule has 2 N–H and O–H groups in total. The van der Waals surface area contributed by atoms with E-state index < -0.39 is 29.9 Å². The molecule has 1 aliphatic rings. The minimum absolute atomic E-state index is 0.284. The predicted molar refractivity (Wildman–Crippen MR) is 108 cm³/mol. The molecule has 0 bridgehead atoms. The maximum absolute atomic E-state index is 12.2. The number of carbonyl (C=O) groups is 3. The topological polar surface area (TPSA) is 103 Å². The van der Waals surface area contributed by atoms with Crippen molar-refractivity contribution in [1.29, 1.82) is 0 Å². The van der Waals surface area contributed by atoms with E-state index in [4.69, 9.17) is 9.47 Å². The van der Waals surface area contributed by atoms with Crippen LogP contribution in [0.1, 0.15) is 27.5 Å². The maximum atomic E-state index is 12.2. The third-order valence-electron chi connectivity index (χ3n) is 4.74. The molecule has 1 heterocycles. The number of methoxy groups -OCH3 is 2. The van der Waals surface area contributed by atoms with Crippen molar-refractivity contribution in [3.63, 3.8) is 0 Å². The van der Waals surface area contributed by atoms with Crippen molar-refractivity contribution < 1.29 is 28.6 Å². The quantitative estimate of drug-likeness (QED) is 0.710. The lowest BCUT2D eigenvalue weighted by Gasteiger charge is -2.33. The summed E-state index contributed by atoms with van der Waals surface area (Å²) in [5.74, 6) is -1.01. The Labute approximate surface area is 173 Å². The second-order valence-electron chi connectivity index (χ2n) is 6.65. The predicted octanol–water partition coefficient (Wildman–Crippen LogP) is 2.71. The summed E-state index contributed by atoms with van der Waals surface area (Å²) < 4.78 is 15.3. The second-order valence-corrected chi connectivity index (χ2v) is 6.65. The van der Waals surface area contributed by atoms with Crippen LogP contribution in [0.5, 0.6) is 5.75 Å².